The van der Waals surface area contributed by atoms with E-state index in [1.807, 2.05) is 0 Å². The number of hydrogen-bond donors (Lipinski definition) is 0. The van der Waals surface area contributed by atoms with Crippen molar-refractivity contribution in [2.75, 3.05) is 31.3 Å². The predicted molar refractivity (Wildman–Crippen MR) is 89.9 cm³/mol. The molecule has 0 fully saturated rings. The fraction of sp³-hybridized carbons (Fsp3) is 1.00. The van der Waals surface area contributed by atoms with Crippen LogP contribution in [0.25, 0.3) is 0 Å². The zero-order chi connectivity index (χ0) is 10.2. The molecule has 0 aliphatic heterocycles. The van der Waals surface area contributed by atoms with Crippen LogP contribution in [-0.2, 0) is 9.47 Å². The Labute approximate surface area is 134 Å². The van der Waals surface area contributed by atoms with Gasteiger partial charge in [-0.15, -0.1) is 0 Å². The number of rotatable bonds is 8. The summed E-state index contributed by atoms with van der Waals surface area (Å²) in [6, 6.07) is 0. The molecule has 0 aromatic carbocycles. The van der Waals surface area contributed by atoms with E-state index >= 15 is 0 Å². The summed E-state index contributed by atoms with van der Waals surface area (Å²) in [6.45, 7) is 1.61. The largest absolute Gasteiger partial charge is 0.370 e. The van der Waals surface area contributed by atoms with Crippen LogP contribution in [0.3, 0.4) is 0 Å². The van der Waals surface area contributed by atoms with Crippen molar-refractivity contribution in [2.45, 2.75) is 0 Å². The second kappa shape index (κ2) is 10.0. The van der Waals surface area contributed by atoms with E-state index in [0.717, 1.165) is 31.3 Å². The average Bonchev–Trinajstić information content (AvgIpc) is 2.20. The zero-order valence-electron chi connectivity index (χ0n) is 7.07. The van der Waals surface area contributed by atoms with Crippen LogP contribution in [0, 0.1) is 5.41 Å². The van der Waals surface area contributed by atoms with Crippen LogP contribution in [-0.4, -0.2) is 31.3 Å². The Morgan fingerprint density at radius 1 is 0.769 bits per heavy atom. The quantitative estimate of drug-likeness (QED) is 0.300. The Bertz CT molecular complexity index is 109. The van der Waals surface area contributed by atoms with E-state index in [1.54, 1.807) is 0 Å². The van der Waals surface area contributed by atoms with Crippen molar-refractivity contribution in [1.29, 1.82) is 0 Å². The molecule has 0 aliphatic rings. The highest BCUT2D eigenvalue weighted by molar-refractivity contribution is 14.1. The van der Waals surface area contributed by atoms with E-state index in [0.29, 0.717) is 0 Å². The lowest BCUT2D eigenvalue weighted by Crippen LogP contribution is -2.35. The Morgan fingerprint density at radius 3 is 1.38 bits per heavy atom. The summed E-state index contributed by atoms with van der Waals surface area (Å²) in [6.07, 6.45) is 0. The van der Waals surface area contributed by atoms with Gasteiger partial charge in [0, 0.05) is 14.3 Å². The molecule has 0 unspecified atom stereocenters. The van der Waals surface area contributed by atoms with Crippen molar-refractivity contribution in [3.8, 4) is 0 Å². The molecule has 0 bridgehead atoms. The first-order valence-electron chi connectivity index (χ1n) is 3.64. The second-order valence-electron chi connectivity index (χ2n) is 2.68. The molecule has 0 radical (unpaired) electrons. The third kappa shape index (κ3) is 6.89. The third-order valence-electron chi connectivity index (χ3n) is 1.54. The Hall–Kier alpha value is 2.84. The third-order valence-corrected chi connectivity index (χ3v) is 5.65. The molecule has 2 nitrogen and oxygen atoms in total. The van der Waals surface area contributed by atoms with E-state index in [4.69, 9.17) is 9.47 Å². The van der Waals surface area contributed by atoms with Gasteiger partial charge in [0.1, 0.15) is 0 Å². The number of hydrogen-bond acceptors (Lipinski definition) is 2. The Morgan fingerprint density at radius 2 is 1.15 bits per heavy atom. The molecule has 0 N–H and O–H groups in total. The first-order valence-corrected chi connectivity index (χ1v) is 9.74. The molecule has 6 heteroatoms. The molecule has 0 saturated carbocycles. The van der Waals surface area contributed by atoms with E-state index in [2.05, 4.69) is 90.4 Å². The molecule has 0 aromatic heterocycles. The van der Waals surface area contributed by atoms with Gasteiger partial charge in [-0.2, -0.15) is 0 Å². The van der Waals surface area contributed by atoms with Crippen LogP contribution in [0.5, 0.6) is 0 Å². The van der Waals surface area contributed by atoms with Gasteiger partial charge in [-0.3, -0.25) is 0 Å². The fourth-order valence-corrected chi connectivity index (χ4v) is 3.63. The van der Waals surface area contributed by atoms with E-state index < -0.39 is 0 Å². The van der Waals surface area contributed by atoms with E-state index in [9.17, 15) is 0 Å². The number of alkyl halides is 4. The smallest absolute Gasteiger partial charge is 0.0979 e. The fourth-order valence-electron chi connectivity index (χ4n) is 0.742. The number of halogens is 4. The van der Waals surface area contributed by atoms with Crippen LogP contribution >= 0.6 is 90.4 Å². The van der Waals surface area contributed by atoms with Crippen LogP contribution in [0.1, 0.15) is 0 Å². The van der Waals surface area contributed by atoms with Gasteiger partial charge in [0.25, 0.3) is 0 Å². The lowest BCUT2D eigenvalue weighted by molar-refractivity contribution is 0.0386. The highest BCUT2D eigenvalue weighted by atomic mass is 127. The lowest BCUT2D eigenvalue weighted by Gasteiger charge is -2.28. The molecule has 0 rings (SSSR count). The summed E-state index contributed by atoms with van der Waals surface area (Å²) in [5.74, 6) is 0. The maximum Gasteiger partial charge on any atom is 0.0979 e. The van der Waals surface area contributed by atoms with E-state index in [-0.39, 0.29) is 5.41 Å². The first-order chi connectivity index (χ1) is 6.24. The van der Waals surface area contributed by atoms with Crippen molar-refractivity contribution >= 4 is 90.4 Å². The standard InChI is InChI=1S/C7H12I4O2/c8-1-7(2-9,3-12-5-10)4-13-6-11/h1-6H2. The highest BCUT2D eigenvalue weighted by Gasteiger charge is 2.28. The predicted octanol–water partition coefficient (Wildman–Crippen LogP) is 3.66. The molecular formula is C7H12I4O2. The summed E-state index contributed by atoms with van der Waals surface area (Å²) in [4.78, 5) is 0. The molecule has 13 heavy (non-hydrogen) atoms. The summed E-state index contributed by atoms with van der Waals surface area (Å²) in [7, 11) is 0. The van der Waals surface area contributed by atoms with Gasteiger partial charge >= 0.3 is 0 Å². The summed E-state index contributed by atoms with van der Waals surface area (Å²) in [5.41, 5.74) is 0.206. The zero-order valence-corrected chi connectivity index (χ0v) is 15.7. The average molecular weight is 636 g/mol. The summed E-state index contributed by atoms with van der Waals surface area (Å²) >= 11 is 9.28. The molecule has 0 heterocycles. The summed E-state index contributed by atoms with van der Waals surface area (Å²) in [5, 5.41) is 0. The molecule has 80 valence electrons. The van der Waals surface area contributed by atoms with Crippen molar-refractivity contribution in [2.24, 2.45) is 5.41 Å². The minimum absolute atomic E-state index is 0.206. The van der Waals surface area contributed by atoms with Crippen molar-refractivity contribution in [3.05, 3.63) is 0 Å². The van der Waals surface area contributed by atoms with Crippen LogP contribution in [0.4, 0.5) is 0 Å². The van der Waals surface area contributed by atoms with Crippen molar-refractivity contribution < 1.29 is 9.47 Å². The van der Waals surface area contributed by atoms with Crippen molar-refractivity contribution in [3.63, 3.8) is 0 Å². The first kappa shape index (κ1) is 15.8. The molecule has 0 aliphatic carbocycles. The molecule has 0 aromatic rings. The normalized spacial score (nSPS) is 12.0. The van der Waals surface area contributed by atoms with Gasteiger partial charge in [-0.05, 0) is 0 Å². The van der Waals surface area contributed by atoms with Crippen LogP contribution in [0.15, 0.2) is 0 Å². The van der Waals surface area contributed by atoms with Gasteiger partial charge < -0.3 is 9.47 Å². The van der Waals surface area contributed by atoms with Gasteiger partial charge in [-0.1, -0.05) is 90.4 Å². The number of ether oxygens (including phenoxy) is 2. The molecule has 0 spiro atoms. The minimum atomic E-state index is 0.206. The molecule has 0 atom stereocenters. The minimum Gasteiger partial charge on any atom is -0.370 e. The van der Waals surface area contributed by atoms with Gasteiger partial charge in [0.05, 0.1) is 22.4 Å². The monoisotopic (exact) mass is 636 g/mol. The van der Waals surface area contributed by atoms with Gasteiger partial charge in [-0.25, -0.2) is 0 Å². The topological polar surface area (TPSA) is 18.5 Å². The maximum atomic E-state index is 5.47. The molecule has 0 saturated heterocycles. The highest BCUT2D eigenvalue weighted by Crippen LogP contribution is 2.25. The SMILES string of the molecule is ICOCC(CI)(CI)COCI. The Balaban J connectivity index is 3.97. The summed E-state index contributed by atoms with van der Waals surface area (Å²) < 4.78 is 14.6. The Kier molecular flexibility index (Phi) is 12.2. The lowest BCUT2D eigenvalue weighted by atomic mass is 9.96. The molecular weight excluding hydrogens is 624 g/mol. The van der Waals surface area contributed by atoms with Crippen molar-refractivity contribution in [1.82, 2.24) is 0 Å². The van der Waals surface area contributed by atoms with Crippen LogP contribution in [0.2, 0.25) is 0 Å². The second-order valence-corrected chi connectivity index (χ2v) is 5.45. The maximum absolute atomic E-state index is 5.47. The van der Waals surface area contributed by atoms with E-state index in [1.165, 1.54) is 0 Å². The molecule has 0 amide bonds. The van der Waals surface area contributed by atoms with Gasteiger partial charge in [0.15, 0.2) is 0 Å². The van der Waals surface area contributed by atoms with Gasteiger partial charge in [0.2, 0.25) is 0 Å². The van der Waals surface area contributed by atoms with Crippen LogP contribution < -0.4 is 0 Å².